The molecule has 0 saturated heterocycles. The Morgan fingerprint density at radius 3 is 2.54 bits per heavy atom. The summed E-state index contributed by atoms with van der Waals surface area (Å²) >= 11 is 0. The number of carbonyl (C=O) groups excluding carboxylic acids is 2. The van der Waals surface area contributed by atoms with Crippen molar-refractivity contribution >= 4 is 41.1 Å². The highest BCUT2D eigenvalue weighted by Gasteiger charge is 2.35. The summed E-state index contributed by atoms with van der Waals surface area (Å²) in [5.74, 6) is 0.417. The van der Waals surface area contributed by atoms with Gasteiger partial charge < -0.3 is 15.2 Å². The maximum atomic E-state index is 14.9. The Bertz CT molecular complexity index is 1350. The molecule has 0 atom stereocenters. The lowest BCUT2D eigenvalue weighted by Crippen LogP contribution is -2.51. The first-order chi connectivity index (χ1) is 17.4. The van der Waals surface area contributed by atoms with Crippen molar-refractivity contribution in [2.75, 3.05) is 32.8 Å². The summed E-state index contributed by atoms with van der Waals surface area (Å²) in [5.41, 5.74) is 2.03. The molecule has 4 rings (SSSR count). The van der Waals surface area contributed by atoms with E-state index in [4.69, 9.17) is 4.52 Å². The molecule has 0 saturated carbocycles. The largest absolute Gasteiger partial charge is 0.357 e. The van der Waals surface area contributed by atoms with Gasteiger partial charge in [-0.15, -0.1) is 0 Å². The summed E-state index contributed by atoms with van der Waals surface area (Å²) < 4.78 is 20.0. The van der Waals surface area contributed by atoms with Crippen molar-refractivity contribution in [3.63, 3.8) is 0 Å². The van der Waals surface area contributed by atoms with Gasteiger partial charge in [0.15, 0.2) is 0 Å². The van der Waals surface area contributed by atoms with Gasteiger partial charge in [0, 0.05) is 36.3 Å². The van der Waals surface area contributed by atoms with Gasteiger partial charge in [-0.1, -0.05) is 25.9 Å². The summed E-state index contributed by atoms with van der Waals surface area (Å²) in [7, 11) is 1.71. The van der Waals surface area contributed by atoms with Gasteiger partial charge in [0.05, 0.1) is 23.6 Å². The molecular weight excluding hydrogens is 479 g/mol. The fourth-order valence-electron chi connectivity index (χ4n) is 3.95. The maximum Gasteiger partial charge on any atom is 0.330 e. The second-order valence-corrected chi connectivity index (χ2v) is 10.1. The Kier molecular flexibility index (Phi) is 6.76. The molecule has 0 bridgehead atoms. The minimum atomic E-state index is -0.711. The molecule has 0 unspecified atom stereocenters. The van der Waals surface area contributed by atoms with Gasteiger partial charge in [0.1, 0.15) is 11.6 Å². The summed E-state index contributed by atoms with van der Waals surface area (Å²) in [5, 5.41) is 11.9. The van der Waals surface area contributed by atoms with Crippen LogP contribution in [-0.2, 0) is 12.0 Å². The number of nitrogens with zero attached hydrogens (tertiary/aromatic N) is 5. The van der Waals surface area contributed by atoms with E-state index in [0.29, 0.717) is 28.7 Å². The van der Waals surface area contributed by atoms with Crippen LogP contribution >= 0.6 is 0 Å². The SMILES string of the molecule is CNc1ncc2c(n1)N(C(C)C)C(=O)N(c1cc(NC(=O)Nc3cc(C(C)(C)C)no3)c(F)cc1C)C2. The van der Waals surface area contributed by atoms with Crippen LogP contribution in [-0.4, -0.2) is 40.3 Å². The first kappa shape index (κ1) is 25.9. The molecule has 196 valence electrons. The van der Waals surface area contributed by atoms with Crippen LogP contribution in [0.1, 0.15) is 51.4 Å². The van der Waals surface area contributed by atoms with Crippen molar-refractivity contribution in [1.29, 1.82) is 0 Å². The number of hydrogen-bond donors (Lipinski definition) is 3. The van der Waals surface area contributed by atoms with Crippen molar-refractivity contribution < 1.29 is 18.5 Å². The molecule has 3 N–H and O–H groups in total. The Morgan fingerprint density at radius 1 is 1.19 bits per heavy atom. The van der Waals surface area contributed by atoms with E-state index in [0.717, 1.165) is 5.56 Å². The van der Waals surface area contributed by atoms with Crippen LogP contribution in [0.2, 0.25) is 0 Å². The van der Waals surface area contributed by atoms with Crippen LogP contribution < -0.4 is 25.8 Å². The Labute approximate surface area is 214 Å². The number of rotatable bonds is 5. The van der Waals surface area contributed by atoms with E-state index in [2.05, 4.69) is 31.1 Å². The Morgan fingerprint density at radius 2 is 1.92 bits per heavy atom. The van der Waals surface area contributed by atoms with Crippen LogP contribution in [0.3, 0.4) is 0 Å². The minimum absolute atomic E-state index is 0.0925. The van der Waals surface area contributed by atoms with Crippen LogP contribution in [0.5, 0.6) is 0 Å². The highest BCUT2D eigenvalue weighted by atomic mass is 19.1. The van der Waals surface area contributed by atoms with Gasteiger partial charge in [0.25, 0.3) is 0 Å². The number of hydrogen-bond acceptors (Lipinski definition) is 7. The van der Waals surface area contributed by atoms with E-state index in [1.165, 1.54) is 17.0 Å². The molecule has 11 nitrogen and oxygen atoms in total. The van der Waals surface area contributed by atoms with Crippen molar-refractivity contribution in [3.8, 4) is 0 Å². The predicted octanol–water partition coefficient (Wildman–Crippen LogP) is 5.25. The fourth-order valence-corrected chi connectivity index (χ4v) is 3.95. The predicted molar refractivity (Wildman–Crippen MR) is 140 cm³/mol. The maximum absolute atomic E-state index is 14.9. The lowest BCUT2D eigenvalue weighted by molar-refractivity contribution is 0.248. The van der Waals surface area contributed by atoms with Gasteiger partial charge in [-0.25, -0.2) is 19.0 Å². The third kappa shape index (κ3) is 5.18. The number of amides is 4. The zero-order chi connectivity index (χ0) is 27.1. The normalized spacial score (nSPS) is 13.6. The second-order valence-electron chi connectivity index (χ2n) is 10.1. The number of aromatic nitrogens is 3. The molecule has 3 aromatic rings. The van der Waals surface area contributed by atoms with E-state index in [1.54, 1.807) is 31.1 Å². The van der Waals surface area contributed by atoms with E-state index < -0.39 is 11.8 Å². The zero-order valence-electron chi connectivity index (χ0n) is 21.9. The zero-order valence-corrected chi connectivity index (χ0v) is 21.9. The molecule has 0 aliphatic carbocycles. The molecule has 0 spiro atoms. The summed E-state index contributed by atoms with van der Waals surface area (Å²) in [4.78, 5) is 38.0. The molecule has 2 aromatic heterocycles. The molecule has 1 aliphatic rings. The Balaban J connectivity index is 1.62. The number of aryl methyl sites for hydroxylation is 1. The van der Waals surface area contributed by atoms with Crippen molar-refractivity contribution in [2.24, 2.45) is 0 Å². The number of benzene rings is 1. The Hall–Kier alpha value is -4.22. The standard InChI is InChI=1S/C25H31FN8O3/c1-13(2)34-21-15(11-28-22(27-7)31-21)12-33(24(34)36)18-9-17(16(26)8-14(18)3)29-23(35)30-20-10-19(32-37-20)25(4,5)6/h8-11,13H,12H2,1-7H3,(H,27,28,31)(H2,29,30,35). The monoisotopic (exact) mass is 510 g/mol. The van der Waals surface area contributed by atoms with E-state index in [1.807, 2.05) is 34.6 Å². The average Bonchev–Trinajstić information content (AvgIpc) is 3.29. The molecule has 1 aliphatic heterocycles. The van der Waals surface area contributed by atoms with E-state index in [-0.39, 0.29) is 35.6 Å². The van der Waals surface area contributed by atoms with Gasteiger partial charge in [-0.3, -0.25) is 15.1 Å². The summed E-state index contributed by atoms with van der Waals surface area (Å²) in [6.45, 7) is 11.5. The number of halogens is 1. The number of carbonyl (C=O) groups is 2. The highest BCUT2D eigenvalue weighted by molar-refractivity contribution is 6.07. The molecule has 1 aromatic carbocycles. The van der Waals surface area contributed by atoms with Crippen molar-refractivity contribution in [1.82, 2.24) is 15.1 Å². The third-order valence-corrected chi connectivity index (χ3v) is 5.92. The van der Waals surface area contributed by atoms with Gasteiger partial charge in [-0.2, -0.15) is 4.98 Å². The molecule has 3 heterocycles. The van der Waals surface area contributed by atoms with Crippen LogP contribution in [0.25, 0.3) is 0 Å². The third-order valence-electron chi connectivity index (χ3n) is 5.92. The fraction of sp³-hybridized carbons (Fsp3) is 0.400. The van der Waals surface area contributed by atoms with Gasteiger partial charge in [0.2, 0.25) is 11.8 Å². The molecule has 37 heavy (non-hydrogen) atoms. The minimum Gasteiger partial charge on any atom is -0.357 e. The number of fused-ring (bicyclic) bond motifs is 1. The topological polar surface area (TPSA) is 129 Å². The molecular formula is C25H31FN8O3. The number of nitrogens with one attached hydrogen (secondary N) is 3. The molecule has 0 radical (unpaired) electrons. The number of anilines is 5. The van der Waals surface area contributed by atoms with E-state index in [9.17, 15) is 14.0 Å². The first-order valence-corrected chi connectivity index (χ1v) is 11.9. The summed E-state index contributed by atoms with van der Waals surface area (Å²) in [6, 6.07) is 3.11. The second kappa shape index (κ2) is 9.68. The van der Waals surface area contributed by atoms with Gasteiger partial charge in [-0.05, 0) is 38.5 Å². The lowest BCUT2D eigenvalue weighted by Gasteiger charge is -2.38. The van der Waals surface area contributed by atoms with Crippen LogP contribution in [0.15, 0.2) is 28.9 Å². The van der Waals surface area contributed by atoms with E-state index >= 15 is 0 Å². The van der Waals surface area contributed by atoms with Gasteiger partial charge >= 0.3 is 12.1 Å². The average molecular weight is 511 g/mol. The smallest absolute Gasteiger partial charge is 0.330 e. The summed E-state index contributed by atoms with van der Waals surface area (Å²) in [6.07, 6.45) is 1.66. The molecule has 12 heteroatoms. The van der Waals surface area contributed by atoms with Crippen molar-refractivity contribution in [3.05, 3.63) is 47.0 Å². The molecule has 0 fully saturated rings. The van der Waals surface area contributed by atoms with Crippen LogP contribution in [0.4, 0.5) is 43.0 Å². The first-order valence-electron chi connectivity index (χ1n) is 11.9. The number of urea groups is 2. The highest BCUT2D eigenvalue weighted by Crippen LogP contribution is 2.35. The quantitative estimate of drug-likeness (QED) is 0.428. The lowest BCUT2D eigenvalue weighted by atomic mass is 9.92. The molecule has 4 amide bonds. The van der Waals surface area contributed by atoms with Crippen LogP contribution in [0, 0.1) is 12.7 Å². The van der Waals surface area contributed by atoms with Crippen molar-refractivity contribution in [2.45, 2.75) is 59.5 Å².